The number of para-hydroxylation sites is 2. The Labute approximate surface area is 119 Å². The van der Waals surface area contributed by atoms with Crippen LogP contribution in [0.2, 0.25) is 0 Å². The minimum Gasteiger partial charge on any atom is -0.490 e. The molecule has 20 heavy (non-hydrogen) atoms. The lowest BCUT2D eigenvalue weighted by atomic mass is 10.1. The van der Waals surface area contributed by atoms with Crippen molar-refractivity contribution in [2.24, 2.45) is 0 Å². The van der Waals surface area contributed by atoms with Crippen LogP contribution in [0.25, 0.3) is 0 Å². The van der Waals surface area contributed by atoms with Gasteiger partial charge >= 0.3 is 5.97 Å². The number of carbonyl (C=O) groups excluding carboxylic acids is 1. The summed E-state index contributed by atoms with van der Waals surface area (Å²) >= 11 is 0. The fraction of sp³-hybridized carbons (Fsp3) is 0.235. The molecule has 2 aromatic carbocycles. The Morgan fingerprint density at radius 2 is 1.60 bits per heavy atom. The van der Waals surface area contributed by atoms with E-state index in [0.717, 1.165) is 6.42 Å². The quantitative estimate of drug-likeness (QED) is 0.611. The Hall–Kier alpha value is -2.29. The van der Waals surface area contributed by atoms with Crippen LogP contribution in [-0.4, -0.2) is 12.6 Å². The fourth-order valence-corrected chi connectivity index (χ4v) is 1.84. The van der Waals surface area contributed by atoms with E-state index in [9.17, 15) is 4.79 Å². The van der Waals surface area contributed by atoms with E-state index in [0.29, 0.717) is 23.7 Å². The van der Waals surface area contributed by atoms with E-state index < -0.39 is 0 Å². The maximum Gasteiger partial charge on any atom is 0.343 e. The van der Waals surface area contributed by atoms with Crippen LogP contribution in [0.5, 0.6) is 11.5 Å². The van der Waals surface area contributed by atoms with Gasteiger partial charge in [0.05, 0.1) is 12.2 Å². The largest absolute Gasteiger partial charge is 0.490 e. The van der Waals surface area contributed by atoms with E-state index in [1.54, 1.807) is 24.3 Å². The van der Waals surface area contributed by atoms with Gasteiger partial charge in [0.15, 0.2) is 11.5 Å². The summed E-state index contributed by atoms with van der Waals surface area (Å²) < 4.78 is 10.8. The van der Waals surface area contributed by atoms with Gasteiger partial charge in [-0.15, -0.1) is 0 Å². The number of ether oxygens (including phenoxy) is 2. The van der Waals surface area contributed by atoms with E-state index in [2.05, 4.69) is 6.92 Å². The summed E-state index contributed by atoms with van der Waals surface area (Å²) in [6, 6.07) is 14.6. The highest BCUT2D eigenvalue weighted by Gasteiger charge is 2.11. The van der Waals surface area contributed by atoms with E-state index in [-0.39, 0.29) is 5.97 Å². The first-order valence-electron chi connectivity index (χ1n) is 6.77. The molecule has 0 N–H and O–H groups in total. The van der Waals surface area contributed by atoms with Crippen molar-refractivity contribution in [3.63, 3.8) is 0 Å². The van der Waals surface area contributed by atoms with Gasteiger partial charge in [0.2, 0.25) is 0 Å². The monoisotopic (exact) mass is 270 g/mol. The van der Waals surface area contributed by atoms with Crippen molar-refractivity contribution in [1.82, 2.24) is 0 Å². The highest BCUT2D eigenvalue weighted by Crippen LogP contribution is 2.27. The van der Waals surface area contributed by atoms with Gasteiger partial charge in [0, 0.05) is 0 Å². The molecule has 0 aliphatic carbocycles. The molecule has 0 saturated heterocycles. The van der Waals surface area contributed by atoms with Crippen molar-refractivity contribution < 1.29 is 14.3 Å². The van der Waals surface area contributed by atoms with Crippen molar-refractivity contribution in [3.8, 4) is 11.5 Å². The summed E-state index contributed by atoms with van der Waals surface area (Å²) in [5, 5.41) is 0. The fourth-order valence-electron chi connectivity index (χ4n) is 1.84. The lowest BCUT2D eigenvalue weighted by Crippen LogP contribution is -2.09. The number of esters is 1. The molecular formula is C17H18O3. The van der Waals surface area contributed by atoms with Gasteiger partial charge in [-0.3, -0.25) is 0 Å². The van der Waals surface area contributed by atoms with Crippen LogP contribution < -0.4 is 9.47 Å². The van der Waals surface area contributed by atoms with Crippen molar-refractivity contribution >= 4 is 5.97 Å². The number of benzene rings is 2. The molecule has 0 aromatic heterocycles. The first-order chi connectivity index (χ1) is 9.74. The third-order valence-corrected chi connectivity index (χ3v) is 2.95. The molecule has 104 valence electrons. The molecule has 0 aliphatic heterocycles. The molecule has 0 amide bonds. The smallest absolute Gasteiger partial charge is 0.343 e. The Kier molecular flexibility index (Phi) is 4.77. The minimum absolute atomic E-state index is 0.375. The summed E-state index contributed by atoms with van der Waals surface area (Å²) in [4.78, 5) is 12.1. The standard InChI is InChI=1S/C17H18O3/c1-3-13-9-11-14(12-10-13)17(18)20-16-8-6-5-7-15(16)19-4-2/h5-12H,3-4H2,1-2H3. The predicted molar refractivity (Wildman–Crippen MR) is 78.4 cm³/mol. The van der Waals surface area contributed by atoms with Gasteiger partial charge in [0.1, 0.15) is 0 Å². The predicted octanol–water partition coefficient (Wildman–Crippen LogP) is 3.87. The van der Waals surface area contributed by atoms with Gasteiger partial charge in [-0.2, -0.15) is 0 Å². The van der Waals surface area contributed by atoms with Gasteiger partial charge < -0.3 is 9.47 Å². The Morgan fingerprint density at radius 1 is 0.950 bits per heavy atom. The Morgan fingerprint density at radius 3 is 2.20 bits per heavy atom. The zero-order valence-electron chi connectivity index (χ0n) is 11.8. The summed E-state index contributed by atoms with van der Waals surface area (Å²) in [6.07, 6.45) is 0.947. The highest BCUT2D eigenvalue weighted by molar-refractivity contribution is 5.91. The SMILES string of the molecule is CCOc1ccccc1OC(=O)c1ccc(CC)cc1. The topological polar surface area (TPSA) is 35.5 Å². The first-order valence-corrected chi connectivity index (χ1v) is 6.77. The number of hydrogen-bond acceptors (Lipinski definition) is 3. The molecule has 0 radical (unpaired) electrons. The Balaban J connectivity index is 2.14. The molecule has 3 nitrogen and oxygen atoms in total. The van der Waals surface area contributed by atoms with Crippen LogP contribution in [0, 0.1) is 0 Å². The first kappa shape index (κ1) is 14.1. The highest BCUT2D eigenvalue weighted by atomic mass is 16.6. The van der Waals surface area contributed by atoms with Gasteiger partial charge in [-0.05, 0) is 43.2 Å². The number of rotatable bonds is 5. The summed E-state index contributed by atoms with van der Waals surface area (Å²) in [7, 11) is 0. The molecule has 0 bridgehead atoms. The zero-order chi connectivity index (χ0) is 14.4. The number of carbonyl (C=O) groups is 1. The normalized spacial score (nSPS) is 10.1. The number of hydrogen-bond donors (Lipinski definition) is 0. The third kappa shape index (κ3) is 3.38. The summed E-state index contributed by atoms with van der Waals surface area (Å²) in [6.45, 7) is 4.49. The minimum atomic E-state index is -0.375. The van der Waals surface area contributed by atoms with Crippen LogP contribution in [0.4, 0.5) is 0 Å². The molecule has 0 aliphatic rings. The summed E-state index contributed by atoms with van der Waals surface area (Å²) in [5.74, 6) is 0.646. The molecule has 0 unspecified atom stereocenters. The molecule has 0 fully saturated rings. The van der Waals surface area contributed by atoms with Crippen molar-refractivity contribution in [1.29, 1.82) is 0 Å². The van der Waals surface area contributed by atoms with Crippen molar-refractivity contribution in [2.45, 2.75) is 20.3 Å². The second-order valence-corrected chi connectivity index (χ2v) is 4.32. The van der Waals surface area contributed by atoms with Crippen molar-refractivity contribution in [2.75, 3.05) is 6.61 Å². The second-order valence-electron chi connectivity index (χ2n) is 4.32. The second kappa shape index (κ2) is 6.75. The third-order valence-electron chi connectivity index (χ3n) is 2.95. The lowest BCUT2D eigenvalue weighted by molar-refractivity contribution is 0.0728. The average Bonchev–Trinajstić information content (AvgIpc) is 2.49. The summed E-state index contributed by atoms with van der Waals surface area (Å²) in [5.41, 5.74) is 1.73. The maximum absolute atomic E-state index is 12.1. The van der Waals surface area contributed by atoms with Crippen LogP contribution in [0.1, 0.15) is 29.8 Å². The molecule has 2 rings (SSSR count). The average molecular weight is 270 g/mol. The van der Waals surface area contributed by atoms with Crippen LogP contribution in [0.15, 0.2) is 48.5 Å². The molecule has 0 saturated carbocycles. The lowest BCUT2D eigenvalue weighted by Gasteiger charge is -2.10. The maximum atomic E-state index is 12.1. The van der Waals surface area contributed by atoms with E-state index in [4.69, 9.17) is 9.47 Å². The van der Waals surface area contributed by atoms with E-state index in [1.807, 2.05) is 31.2 Å². The van der Waals surface area contributed by atoms with Crippen LogP contribution in [-0.2, 0) is 6.42 Å². The van der Waals surface area contributed by atoms with Crippen LogP contribution in [0.3, 0.4) is 0 Å². The van der Waals surface area contributed by atoms with Gasteiger partial charge in [0.25, 0.3) is 0 Å². The molecular weight excluding hydrogens is 252 g/mol. The molecule has 0 heterocycles. The Bertz CT molecular complexity index is 573. The zero-order valence-corrected chi connectivity index (χ0v) is 11.8. The molecule has 2 aromatic rings. The molecule has 0 spiro atoms. The van der Waals surface area contributed by atoms with Gasteiger partial charge in [-0.1, -0.05) is 31.2 Å². The van der Waals surface area contributed by atoms with Gasteiger partial charge in [-0.25, -0.2) is 4.79 Å². The molecule has 0 atom stereocenters. The van der Waals surface area contributed by atoms with E-state index >= 15 is 0 Å². The number of aryl methyl sites for hydroxylation is 1. The van der Waals surface area contributed by atoms with Crippen molar-refractivity contribution in [3.05, 3.63) is 59.7 Å². The van der Waals surface area contributed by atoms with Crippen LogP contribution >= 0.6 is 0 Å². The molecule has 3 heteroatoms. The van der Waals surface area contributed by atoms with E-state index in [1.165, 1.54) is 5.56 Å².